The molecule has 19 heavy (non-hydrogen) atoms. The number of Topliss-reactive ketones (excluding diaryl/α,β-unsaturated/α-hetero) is 1. The summed E-state index contributed by atoms with van der Waals surface area (Å²) in [6.45, 7) is 4.62. The molecule has 1 saturated carbocycles. The summed E-state index contributed by atoms with van der Waals surface area (Å²) in [7, 11) is 0. The van der Waals surface area contributed by atoms with Gasteiger partial charge in [0.15, 0.2) is 5.78 Å². The molecule has 1 N–H and O–H groups in total. The Balaban J connectivity index is 2.04. The van der Waals surface area contributed by atoms with E-state index in [2.05, 4.69) is 5.32 Å². The fourth-order valence-electron chi connectivity index (χ4n) is 2.33. The number of ketones is 1. The van der Waals surface area contributed by atoms with Crippen LogP contribution in [0.5, 0.6) is 5.75 Å². The third-order valence-electron chi connectivity index (χ3n) is 3.41. The maximum absolute atomic E-state index is 12.0. The lowest BCUT2D eigenvalue weighted by Crippen LogP contribution is -2.19. The van der Waals surface area contributed by atoms with Gasteiger partial charge in [0.05, 0.1) is 6.61 Å². The number of nitrogens with one attached hydrogen (secondary N) is 1. The second-order valence-corrected chi connectivity index (χ2v) is 4.93. The second kappa shape index (κ2) is 6.41. The molecule has 1 aromatic rings. The quantitative estimate of drug-likeness (QED) is 0.836. The number of rotatable bonds is 4. The largest absolute Gasteiger partial charge is 0.494 e. The van der Waals surface area contributed by atoms with Gasteiger partial charge in [-0.1, -0.05) is 13.0 Å². The summed E-state index contributed by atoms with van der Waals surface area (Å²) in [4.78, 5) is 12.0. The molecule has 1 aromatic carbocycles. The maximum Gasteiger partial charge on any atom is 0.163 e. The van der Waals surface area contributed by atoms with E-state index in [1.54, 1.807) is 0 Å². The maximum atomic E-state index is 12.0. The van der Waals surface area contributed by atoms with E-state index in [0.717, 1.165) is 36.3 Å². The van der Waals surface area contributed by atoms with Crippen LogP contribution < -0.4 is 10.1 Å². The summed E-state index contributed by atoms with van der Waals surface area (Å²) in [5.41, 5.74) is 1.85. The molecule has 0 bridgehead atoms. The SMILES string of the molecule is CCOc1cccc(N/C=C2\CCC[C@@H](C)C2=O)c1. The lowest BCUT2D eigenvalue weighted by atomic mass is 9.86. The predicted octanol–water partition coefficient (Wildman–Crippen LogP) is 3.77. The van der Waals surface area contributed by atoms with Crippen molar-refractivity contribution in [2.45, 2.75) is 33.1 Å². The molecule has 0 unspecified atom stereocenters. The topological polar surface area (TPSA) is 38.3 Å². The van der Waals surface area contributed by atoms with E-state index in [1.807, 2.05) is 44.3 Å². The molecule has 2 rings (SSSR count). The number of carbonyl (C=O) groups excluding carboxylic acids is 1. The van der Waals surface area contributed by atoms with Crippen molar-refractivity contribution >= 4 is 11.5 Å². The van der Waals surface area contributed by atoms with Crippen molar-refractivity contribution in [3.63, 3.8) is 0 Å². The van der Waals surface area contributed by atoms with E-state index < -0.39 is 0 Å². The molecule has 3 nitrogen and oxygen atoms in total. The number of hydrogen-bond acceptors (Lipinski definition) is 3. The summed E-state index contributed by atoms with van der Waals surface area (Å²) in [6.07, 6.45) is 4.83. The zero-order chi connectivity index (χ0) is 13.7. The van der Waals surface area contributed by atoms with Gasteiger partial charge in [0.2, 0.25) is 0 Å². The fraction of sp³-hybridized carbons (Fsp3) is 0.438. The van der Waals surface area contributed by atoms with Crippen molar-refractivity contribution in [1.82, 2.24) is 0 Å². The van der Waals surface area contributed by atoms with Crippen LogP contribution in [0.4, 0.5) is 5.69 Å². The first-order valence-corrected chi connectivity index (χ1v) is 6.93. The van der Waals surface area contributed by atoms with Gasteiger partial charge in [0.1, 0.15) is 5.75 Å². The van der Waals surface area contributed by atoms with Crippen LogP contribution in [0.1, 0.15) is 33.1 Å². The van der Waals surface area contributed by atoms with Crippen LogP contribution in [-0.2, 0) is 4.79 Å². The van der Waals surface area contributed by atoms with E-state index in [4.69, 9.17) is 4.74 Å². The molecule has 102 valence electrons. The standard InChI is InChI=1S/C16H21NO2/c1-3-19-15-9-5-8-14(10-15)17-11-13-7-4-6-12(2)16(13)18/h5,8-12,17H,3-4,6-7H2,1-2H3/b13-11+/t12-/m1/s1. The molecule has 0 amide bonds. The lowest BCUT2D eigenvalue weighted by Gasteiger charge is -2.19. The van der Waals surface area contributed by atoms with Crippen LogP contribution in [0.3, 0.4) is 0 Å². The predicted molar refractivity (Wildman–Crippen MR) is 77.3 cm³/mol. The van der Waals surface area contributed by atoms with E-state index in [-0.39, 0.29) is 11.7 Å². The number of anilines is 1. The third kappa shape index (κ3) is 3.60. The van der Waals surface area contributed by atoms with Crippen LogP contribution in [-0.4, -0.2) is 12.4 Å². The average Bonchev–Trinajstić information content (AvgIpc) is 2.41. The summed E-state index contributed by atoms with van der Waals surface area (Å²) >= 11 is 0. The minimum Gasteiger partial charge on any atom is -0.494 e. The molecule has 0 aliphatic heterocycles. The first-order valence-electron chi connectivity index (χ1n) is 6.93. The Morgan fingerprint density at radius 2 is 2.32 bits per heavy atom. The van der Waals surface area contributed by atoms with Gasteiger partial charge >= 0.3 is 0 Å². The molecule has 0 heterocycles. The molecule has 0 aromatic heterocycles. The van der Waals surface area contributed by atoms with E-state index >= 15 is 0 Å². The van der Waals surface area contributed by atoms with Gasteiger partial charge < -0.3 is 10.1 Å². The van der Waals surface area contributed by atoms with Gasteiger partial charge in [-0.15, -0.1) is 0 Å². The number of hydrogen-bond donors (Lipinski definition) is 1. The molecule has 1 atom stereocenters. The Morgan fingerprint density at radius 3 is 3.11 bits per heavy atom. The normalized spacial score (nSPS) is 21.5. The molecule has 0 radical (unpaired) electrons. The Hall–Kier alpha value is -1.77. The van der Waals surface area contributed by atoms with Crippen LogP contribution >= 0.6 is 0 Å². The zero-order valence-corrected chi connectivity index (χ0v) is 11.6. The van der Waals surface area contributed by atoms with Crippen molar-refractivity contribution in [2.24, 2.45) is 5.92 Å². The van der Waals surface area contributed by atoms with Crippen molar-refractivity contribution in [2.75, 3.05) is 11.9 Å². The number of carbonyl (C=O) groups is 1. The highest BCUT2D eigenvalue weighted by Gasteiger charge is 2.22. The first kappa shape index (κ1) is 13.7. The summed E-state index contributed by atoms with van der Waals surface area (Å²) in [5, 5.41) is 3.20. The third-order valence-corrected chi connectivity index (χ3v) is 3.41. The van der Waals surface area contributed by atoms with Crippen molar-refractivity contribution in [3.8, 4) is 5.75 Å². The van der Waals surface area contributed by atoms with Gasteiger partial charge in [0.25, 0.3) is 0 Å². The Bertz CT molecular complexity index is 479. The highest BCUT2D eigenvalue weighted by molar-refractivity contribution is 5.97. The summed E-state index contributed by atoms with van der Waals surface area (Å²) < 4.78 is 5.45. The molecule has 1 aliphatic carbocycles. The Labute approximate surface area is 114 Å². The first-order chi connectivity index (χ1) is 9.20. The Kier molecular flexibility index (Phi) is 4.61. The van der Waals surface area contributed by atoms with Crippen LogP contribution in [0.25, 0.3) is 0 Å². The highest BCUT2D eigenvalue weighted by Crippen LogP contribution is 2.25. The van der Waals surface area contributed by atoms with Crippen LogP contribution in [0.15, 0.2) is 36.0 Å². The smallest absolute Gasteiger partial charge is 0.163 e. The van der Waals surface area contributed by atoms with Crippen molar-refractivity contribution in [1.29, 1.82) is 0 Å². The van der Waals surface area contributed by atoms with Crippen LogP contribution in [0.2, 0.25) is 0 Å². The van der Waals surface area contributed by atoms with E-state index in [1.165, 1.54) is 0 Å². The van der Waals surface area contributed by atoms with Crippen LogP contribution in [0, 0.1) is 5.92 Å². The van der Waals surface area contributed by atoms with Gasteiger partial charge in [-0.05, 0) is 38.3 Å². The minimum atomic E-state index is 0.163. The average molecular weight is 259 g/mol. The van der Waals surface area contributed by atoms with Gasteiger partial charge in [-0.25, -0.2) is 0 Å². The monoisotopic (exact) mass is 259 g/mol. The summed E-state index contributed by atoms with van der Waals surface area (Å²) in [5.74, 6) is 1.28. The van der Waals surface area contributed by atoms with Crippen molar-refractivity contribution in [3.05, 3.63) is 36.0 Å². The van der Waals surface area contributed by atoms with E-state index in [9.17, 15) is 4.79 Å². The fourth-order valence-corrected chi connectivity index (χ4v) is 2.33. The minimum absolute atomic E-state index is 0.163. The second-order valence-electron chi connectivity index (χ2n) is 4.93. The van der Waals surface area contributed by atoms with Crippen molar-refractivity contribution < 1.29 is 9.53 Å². The van der Waals surface area contributed by atoms with Gasteiger partial charge in [-0.2, -0.15) is 0 Å². The summed E-state index contributed by atoms with van der Waals surface area (Å²) in [6, 6.07) is 7.78. The molecule has 0 saturated heterocycles. The Morgan fingerprint density at radius 1 is 1.47 bits per heavy atom. The highest BCUT2D eigenvalue weighted by atomic mass is 16.5. The lowest BCUT2D eigenvalue weighted by molar-refractivity contribution is -0.119. The number of benzene rings is 1. The van der Waals surface area contributed by atoms with Gasteiger partial charge in [-0.3, -0.25) is 4.79 Å². The molecule has 1 aliphatic rings. The zero-order valence-electron chi connectivity index (χ0n) is 11.6. The molecular weight excluding hydrogens is 238 g/mol. The van der Waals surface area contributed by atoms with Gasteiger partial charge in [0, 0.05) is 29.4 Å². The molecule has 0 spiro atoms. The molecule has 1 fully saturated rings. The van der Waals surface area contributed by atoms with E-state index in [0.29, 0.717) is 6.61 Å². The molecular formula is C16H21NO2. The molecule has 3 heteroatoms. The number of allylic oxidation sites excluding steroid dienone is 1. The number of ether oxygens (including phenoxy) is 1.